The minimum absolute atomic E-state index is 0.0594. The summed E-state index contributed by atoms with van der Waals surface area (Å²) in [5.74, 6) is 0.525. The van der Waals surface area contributed by atoms with E-state index >= 15 is 0 Å². The number of nitrogens with one attached hydrogen (secondary N) is 1. The molecule has 0 saturated carbocycles. The fourth-order valence-electron chi connectivity index (χ4n) is 2.31. The Hall–Kier alpha value is -2.12. The highest BCUT2D eigenvalue weighted by Crippen LogP contribution is 2.34. The molecule has 2 aromatic heterocycles. The van der Waals surface area contributed by atoms with E-state index in [1.165, 1.54) is 11.3 Å². The largest absolute Gasteiger partial charge is 0.418 e. The van der Waals surface area contributed by atoms with E-state index in [1.807, 2.05) is 24.4 Å². The van der Waals surface area contributed by atoms with Gasteiger partial charge in [0, 0.05) is 6.54 Å². The first-order chi connectivity index (χ1) is 12.0. The molecule has 0 saturated heterocycles. The number of hydrogen-bond donors (Lipinski definition) is 1. The minimum atomic E-state index is -3.76. The standard InChI is InChI=1S/C18H20N2O3S2/c1-3-4-11-19-17-18(20-16(23-17)15-6-5-12-24-15)25(21,22)14-9-7-13(2)8-10-14/h5-10,12,19H,3-4,11H2,1-2H3. The van der Waals surface area contributed by atoms with Gasteiger partial charge in [-0.2, -0.15) is 4.98 Å². The normalized spacial score (nSPS) is 11.6. The second kappa shape index (κ2) is 7.41. The Balaban J connectivity index is 2.04. The zero-order valence-corrected chi connectivity index (χ0v) is 15.8. The molecule has 1 aromatic carbocycles. The molecule has 25 heavy (non-hydrogen) atoms. The summed E-state index contributed by atoms with van der Waals surface area (Å²) in [6.07, 6.45) is 1.91. The minimum Gasteiger partial charge on any atom is -0.418 e. The van der Waals surface area contributed by atoms with Crippen LogP contribution in [-0.4, -0.2) is 19.9 Å². The van der Waals surface area contributed by atoms with Gasteiger partial charge < -0.3 is 9.73 Å². The lowest BCUT2D eigenvalue weighted by atomic mass is 10.2. The monoisotopic (exact) mass is 376 g/mol. The van der Waals surface area contributed by atoms with Gasteiger partial charge in [-0.3, -0.25) is 0 Å². The third-order valence-electron chi connectivity index (χ3n) is 3.73. The van der Waals surface area contributed by atoms with Gasteiger partial charge in [-0.15, -0.1) is 11.3 Å². The lowest BCUT2D eigenvalue weighted by molar-refractivity contribution is 0.576. The van der Waals surface area contributed by atoms with Crippen molar-refractivity contribution in [1.29, 1.82) is 0 Å². The van der Waals surface area contributed by atoms with Crippen molar-refractivity contribution in [2.75, 3.05) is 11.9 Å². The van der Waals surface area contributed by atoms with Crippen LogP contribution in [0.3, 0.4) is 0 Å². The van der Waals surface area contributed by atoms with Crippen LogP contribution in [0.5, 0.6) is 0 Å². The number of nitrogens with zero attached hydrogens (tertiary/aromatic N) is 1. The van der Waals surface area contributed by atoms with Crippen molar-refractivity contribution in [3.8, 4) is 10.8 Å². The number of rotatable bonds is 7. The quantitative estimate of drug-likeness (QED) is 0.602. The number of anilines is 1. The van der Waals surface area contributed by atoms with Gasteiger partial charge in [-0.25, -0.2) is 8.42 Å². The maximum absolute atomic E-state index is 13.0. The Labute approximate surface area is 151 Å². The van der Waals surface area contributed by atoms with Crippen molar-refractivity contribution in [1.82, 2.24) is 4.98 Å². The van der Waals surface area contributed by atoms with E-state index in [4.69, 9.17) is 4.42 Å². The van der Waals surface area contributed by atoms with Gasteiger partial charge in [0.25, 0.3) is 0 Å². The molecule has 1 N–H and O–H groups in total. The van der Waals surface area contributed by atoms with Crippen LogP contribution in [0.1, 0.15) is 25.3 Å². The van der Waals surface area contributed by atoms with Gasteiger partial charge in [-0.05, 0) is 36.9 Å². The number of benzene rings is 1. The first kappa shape index (κ1) is 17.7. The van der Waals surface area contributed by atoms with Crippen LogP contribution in [0, 0.1) is 6.92 Å². The molecule has 0 fully saturated rings. The summed E-state index contributed by atoms with van der Waals surface area (Å²) < 4.78 is 31.8. The highest BCUT2D eigenvalue weighted by Gasteiger charge is 2.28. The van der Waals surface area contributed by atoms with E-state index < -0.39 is 9.84 Å². The molecule has 5 nitrogen and oxygen atoms in total. The number of aryl methyl sites for hydroxylation is 1. The Morgan fingerprint density at radius 2 is 1.96 bits per heavy atom. The van der Waals surface area contributed by atoms with Crippen LogP contribution in [0.15, 0.2) is 56.1 Å². The molecule has 0 aliphatic carbocycles. The summed E-state index contributed by atoms with van der Waals surface area (Å²) in [5.41, 5.74) is 1.000. The number of oxazole rings is 1. The lowest BCUT2D eigenvalue weighted by Gasteiger charge is -2.05. The first-order valence-corrected chi connectivity index (χ1v) is 10.5. The van der Waals surface area contributed by atoms with E-state index in [9.17, 15) is 8.42 Å². The van der Waals surface area contributed by atoms with Gasteiger partial charge in [-0.1, -0.05) is 37.1 Å². The molecule has 132 valence electrons. The third-order valence-corrected chi connectivity index (χ3v) is 6.27. The van der Waals surface area contributed by atoms with Crippen LogP contribution in [0.25, 0.3) is 10.8 Å². The van der Waals surface area contributed by atoms with Crippen LogP contribution in [0.2, 0.25) is 0 Å². The second-order valence-electron chi connectivity index (χ2n) is 5.73. The molecule has 2 heterocycles. The Morgan fingerprint density at radius 3 is 2.60 bits per heavy atom. The molecule has 3 rings (SSSR count). The van der Waals surface area contributed by atoms with E-state index in [0.29, 0.717) is 12.4 Å². The molecule has 3 aromatic rings. The van der Waals surface area contributed by atoms with Gasteiger partial charge >= 0.3 is 0 Å². The van der Waals surface area contributed by atoms with Gasteiger partial charge in [0.15, 0.2) is 0 Å². The zero-order valence-electron chi connectivity index (χ0n) is 14.2. The smallest absolute Gasteiger partial charge is 0.240 e. The number of unbranched alkanes of at least 4 members (excludes halogenated alkanes) is 1. The molecule has 0 radical (unpaired) electrons. The molecule has 0 aliphatic heterocycles. The molecule has 0 amide bonds. The van der Waals surface area contributed by atoms with Gasteiger partial charge in [0.2, 0.25) is 26.6 Å². The van der Waals surface area contributed by atoms with Crippen LogP contribution < -0.4 is 5.32 Å². The van der Waals surface area contributed by atoms with E-state index in [2.05, 4.69) is 17.2 Å². The molecule has 0 bridgehead atoms. The van der Waals surface area contributed by atoms with Crippen molar-refractivity contribution in [2.45, 2.75) is 36.6 Å². The SMILES string of the molecule is CCCCNc1oc(-c2cccs2)nc1S(=O)(=O)c1ccc(C)cc1. The summed E-state index contributed by atoms with van der Waals surface area (Å²) in [5, 5.41) is 4.92. The average Bonchev–Trinajstić information content (AvgIpc) is 3.25. The van der Waals surface area contributed by atoms with Gasteiger partial charge in [0.05, 0.1) is 9.77 Å². The van der Waals surface area contributed by atoms with Crippen molar-refractivity contribution >= 4 is 27.1 Å². The van der Waals surface area contributed by atoms with Crippen LogP contribution in [0.4, 0.5) is 5.88 Å². The maximum atomic E-state index is 13.0. The summed E-state index contributed by atoms with van der Waals surface area (Å²) in [6.45, 7) is 4.62. The summed E-state index contributed by atoms with van der Waals surface area (Å²) in [7, 11) is -3.76. The first-order valence-electron chi connectivity index (χ1n) is 8.12. The summed E-state index contributed by atoms with van der Waals surface area (Å²) >= 11 is 1.46. The fraction of sp³-hybridized carbons (Fsp3) is 0.278. The maximum Gasteiger partial charge on any atom is 0.240 e. The van der Waals surface area contributed by atoms with Gasteiger partial charge in [0.1, 0.15) is 0 Å². The molecule has 0 spiro atoms. The second-order valence-corrected chi connectivity index (χ2v) is 8.54. The molecule has 0 aliphatic rings. The zero-order chi connectivity index (χ0) is 17.9. The van der Waals surface area contributed by atoms with Crippen molar-refractivity contribution in [2.24, 2.45) is 0 Å². The predicted octanol–water partition coefficient (Wildman–Crippen LogP) is 4.76. The molecular weight excluding hydrogens is 356 g/mol. The van der Waals surface area contributed by atoms with Crippen LogP contribution in [-0.2, 0) is 9.84 Å². The molecular formula is C18H20N2O3S2. The lowest BCUT2D eigenvalue weighted by Crippen LogP contribution is -2.08. The Morgan fingerprint density at radius 1 is 1.20 bits per heavy atom. The van der Waals surface area contributed by atoms with E-state index in [-0.39, 0.29) is 15.8 Å². The predicted molar refractivity (Wildman–Crippen MR) is 99.8 cm³/mol. The van der Waals surface area contributed by atoms with Crippen molar-refractivity contribution in [3.05, 3.63) is 47.3 Å². The third kappa shape index (κ3) is 3.77. The summed E-state index contributed by atoms with van der Waals surface area (Å²) in [4.78, 5) is 5.30. The highest BCUT2D eigenvalue weighted by molar-refractivity contribution is 7.91. The Bertz CT molecular complexity index is 927. The molecule has 7 heteroatoms. The number of hydrogen-bond acceptors (Lipinski definition) is 6. The van der Waals surface area contributed by atoms with Crippen molar-refractivity contribution in [3.63, 3.8) is 0 Å². The van der Waals surface area contributed by atoms with E-state index in [1.54, 1.807) is 24.3 Å². The van der Waals surface area contributed by atoms with Crippen LogP contribution >= 0.6 is 11.3 Å². The van der Waals surface area contributed by atoms with Crippen molar-refractivity contribution < 1.29 is 12.8 Å². The summed E-state index contributed by atoms with van der Waals surface area (Å²) in [6, 6.07) is 10.5. The highest BCUT2D eigenvalue weighted by atomic mass is 32.2. The Kier molecular flexibility index (Phi) is 5.24. The number of aromatic nitrogens is 1. The van der Waals surface area contributed by atoms with E-state index in [0.717, 1.165) is 23.3 Å². The number of sulfone groups is 1. The fourth-order valence-corrected chi connectivity index (χ4v) is 4.24. The molecule has 0 atom stereocenters. The average molecular weight is 377 g/mol. The molecule has 0 unspecified atom stereocenters. The number of thiophene rings is 1. The topological polar surface area (TPSA) is 72.2 Å².